The Balaban J connectivity index is 0.00000261. The molecule has 0 radical (unpaired) electrons. The summed E-state index contributed by atoms with van der Waals surface area (Å²) in [5.41, 5.74) is 0.217. The molecular weight excluding hydrogens is 415 g/mol. The fraction of sp³-hybridized carbons (Fsp3) is 0.412. The van der Waals surface area contributed by atoms with E-state index in [2.05, 4.69) is 20.7 Å². The number of aromatic nitrogens is 1. The van der Waals surface area contributed by atoms with Gasteiger partial charge in [0.2, 0.25) is 0 Å². The molecule has 1 aliphatic heterocycles. The molecule has 27 heavy (non-hydrogen) atoms. The van der Waals surface area contributed by atoms with Crippen molar-refractivity contribution in [3.8, 4) is 5.75 Å². The van der Waals surface area contributed by atoms with Crippen LogP contribution in [0.5, 0.6) is 5.75 Å². The van der Waals surface area contributed by atoms with Crippen LogP contribution >= 0.6 is 35.6 Å². The maximum Gasteiger partial charge on any atom is 0.273 e. The van der Waals surface area contributed by atoms with E-state index in [1.165, 1.54) is 0 Å². The van der Waals surface area contributed by atoms with E-state index in [-0.39, 0.29) is 30.6 Å². The number of benzene rings is 1. The molecule has 0 bridgehead atoms. The van der Waals surface area contributed by atoms with Crippen LogP contribution in [0.4, 0.5) is 0 Å². The molecule has 7 nitrogen and oxygen atoms in total. The van der Waals surface area contributed by atoms with Gasteiger partial charge in [-0.05, 0) is 12.1 Å². The highest BCUT2D eigenvalue weighted by molar-refractivity contribution is 6.37. The lowest BCUT2D eigenvalue weighted by Gasteiger charge is -2.26. The zero-order chi connectivity index (χ0) is 18.4. The quantitative estimate of drug-likeness (QED) is 0.696. The number of para-hydroxylation sites is 1. The highest BCUT2D eigenvalue weighted by Crippen LogP contribution is 2.32. The van der Waals surface area contributed by atoms with E-state index in [0.29, 0.717) is 28.1 Å². The van der Waals surface area contributed by atoms with Gasteiger partial charge in [0.25, 0.3) is 5.91 Å². The number of carbonyl (C=O) groups excluding carboxylic acids is 1. The van der Waals surface area contributed by atoms with Gasteiger partial charge in [-0.15, -0.1) is 12.4 Å². The van der Waals surface area contributed by atoms with E-state index >= 15 is 0 Å². The summed E-state index contributed by atoms with van der Waals surface area (Å²) in [6, 6.07) is 6.64. The van der Waals surface area contributed by atoms with Crippen LogP contribution in [0.3, 0.4) is 0 Å². The van der Waals surface area contributed by atoms with Gasteiger partial charge in [0.05, 0.1) is 10.0 Å². The number of piperazine rings is 1. The predicted octanol–water partition coefficient (Wildman–Crippen LogP) is 2.62. The summed E-state index contributed by atoms with van der Waals surface area (Å²) in [6.45, 7) is 5.40. The molecule has 0 saturated carbocycles. The Kier molecular flexibility index (Phi) is 8.66. The number of hydrogen-bond donors (Lipinski definition) is 2. The second kappa shape index (κ2) is 10.7. The van der Waals surface area contributed by atoms with Crippen LogP contribution in [0.15, 0.2) is 28.8 Å². The van der Waals surface area contributed by atoms with Crippen LogP contribution in [-0.4, -0.2) is 55.2 Å². The number of ether oxygens (including phenoxy) is 1. The van der Waals surface area contributed by atoms with Crippen LogP contribution in [-0.2, 0) is 6.61 Å². The van der Waals surface area contributed by atoms with Crippen molar-refractivity contribution in [3.05, 3.63) is 45.8 Å². The lowest BCUT2D eigenvalue weighted by atomic mass is 10.3. The van der Waals surface area contributed by atoms with E-state index < -0.39 is 0 Å². The minimum absolute atomic E-state index is 0. The first-order chi connectivity index (χ1) is 12.6. The third-order valence-corrected chi connectivity index (χ3v) is 4.59. The molecule has 3 rings (SSSR count). The molecule has 0 aliphatic carbocycles. The number of halogens is 3. The normalized spacial score (nSPS) is 14.4. The lowest BCUT2D eigenvalue weighted by Crippen LogP contribution is -2.46. The molecule has 0 unspecified atom stereocenters. The molecule has 1 saturated heterocycles. The Labute approximate surface area is 173 Å². The summed E-state index contributed by atoms with van der Waals surface area (Å²) in [7, 11) is 0. The molecule has 1 amide bonds. The molecule has 0 spiro atoms. The van der Waals surface area contributed by atoms with Crippen molar-refractivity contribution in [3.63, 3.8) is 0 Å². The van der Waals surface area contributed by atoms with Crippen molar-refractivity contribution in [2.24, 2.45) is 0 Å². The zero-order valence-corrected chi connectivity index (χ0v) is 16.9. The topological polar surface area (TPSA) is 79.6 Å². The highest BCUT2D eigenvalue weighted by Gasteiger charge is 2.15. The maximum absolute atomic E-state index is 12.1. The first-order valence-corrected chi connectivity index (χ1v) is 9.13. The van der Waals surface area contributed by atoms with Gasteiger partial charge in [-0.1, -0.05) is 34.4 Å². The first kappa shape index (κ1) is 21.8. The average Bonchev–Trinajstić information content (AvgIpc) is 3.11. The van der Waals surface area contributed by atoms with Gasteiger partial charge >= 0.3 is 0 Å². The van der Waals surface area contributed by atoms with E-state index in [1.54, 1.807) is 24.3 Å². The molecule has 1 fully saturated rings. The van der Waals surface area contributed by atoms with Crippen molar-refractivity contribution >= 4 is 41.5 Å². The zero-order valence-electron chi connectivity index (χ0n) is 14.5. The summed E-state index contributed by atoms with van der Waals surface area (Å²) in [5, 5.41) is 10.7. The minimum Gasteiger partial charge on any atom is -0.482 e. The van der Waals surface area contributed by atoms with Crippen LogP contribution < -0.4 is 15.4 Å². The monoisotopic (exact) mass is 434 g/mol. The second-order valence-electron chi connectivity index (χ2n) is 5.87. The molecule has 0 atom stereocenters. The molecule has 2 N–H and O–H groups in total. The Morgan fingerprint density at radius 3 is 2.70 bits per heavy atom. The fourth-order valence-electron chi connectivity index (χ4n) is 2.60. The SMILES string of the molecule is Cl.O=C(NCCN1CCNCC1)c1cc(COc2c(Cl)cccc2Cl)on1. The van der Waals surface area contributed by atoms with E-state index in [0.717, 1.165) is 32.7 Å². The first-order valence-electron chi connectivity index (χ1n) is 8.37. The summed E-state index contributed by atoms with van der Waals surface area (Å²) >= 11 is 12.1. The molecule has 1 aromatic heterocycles. The smallest absolute Gasteiger partial charge is 0.273 e. The van der Waals surface area contributed by atoms with Crippen LogP contribution in [0.25, 0.3) is 0 Å². The Morgan fingerprint density at radius 2 is 2.00 bits per heavy atom. The number of nitrogens with zero attached hydrogens (tertiary/aromatic N) is 2. The van der Waals surface area contributed by atoms with Crippen LogP contribution in [0.1, 0.15) is 16.2 Å². The third-order valence-electron chi connectivity index (χ3n) is 3.99. The maximum atomic E-state index is 12.1. The van der Waals surface area contributed by atoms with Gasteiger partial charge < -0.3 is 19.9 Å². The largest absolute Gasteiger partial charge is 0.482 e. The fourth-order valence-corrected chi connectivity index (χ4v) is 3.11. The minimum atomic E-state index is -0.272. The molecular formula is C17H21Cl3N4O3. The summed E-state index contributed by atoms with van der Waals surface area (Å²) in [6.07, 6.45) is 0. The number of rotatable bonds is 7. The average molecular weight is 436 g/mol. The van der Waals surface area contributed by atoms with Gasteiger partial charge in [-0.3, -0.25) is 9.69 Å². The number of hydrogen-bond acceptors (Lipinski definition) is 6. The van der Waals surface area contributed by atoms with E-state index in [9.17, 15) is 4.79 Å². The summed E-state index contributed by atoms with van der Waals surface area (Å²) < 4.78 is 10.7. The molecule has 10 heteroatoms. The molecule has 2 heterocycles. The molecule has 148 valence electrons. The van der Waals surface area contributed by atoms with Crippen molar-refractivity contribution in [1.29, 1.82) is 0 Å². The van der Waals surface area contributed by atoms with Crippen molar-refractivity contribution in [1.82, 2.24) is 20.7 Å². The summed E-state index contributed by atoms with van der Waals surface area (Å²) in [4.78, 5) is 14.4. The van der Waals surface area contributed by atoms with Gasteiger partial charge in [-0.2, -0.15) is 0 Å². The second-order valence-corrected chi connectivity index (χ2v) is 6.68. The molecule has 1 aromatic carbocycles. The van der Waals surface area contributed by atoms with Crippen molar-refractivity contribution in [2.45, 2.75) is 6.61 Å². The number of nitrogens with one attached hydrogen (secondary N) is 2. The Hall–Kier alpha value is -1.51. The highest BCUT2D eigenvalue weighted by atomic mass is 35.5. The molecule has 2 aromatic rings. The lowest BCUT2D eigenvalue weighted by molar-refractivity contribution is 0.0938. The standard InChI is InChI=1S/C17H20Cl2N4O3.ClH/c18-13-2-1-3-14(19)16(13)25-11-12-10-15(22-26-12)17(24)21-6-9-23-7-4-20-5-8-23;/h1-3,10,20H,4-9,11H2,(H,21,24);1H. The van der Waals surface area contributed by atoms with Crippen LogP contribution in [0.2, 0.25) is 10.0 Å². The van der Waals surface area contributed by atoms with Crippen LogP contribution in [0, 0.1) is 0 Å². The number of carbonyl (C=O) groups is 1. The van der Waals surface area contributed by atoms with Gasteiger partial charge in [0, 0.05) is 45.3 Å². The van der Waals surface area contributed by atoms with Crippen molar-refractivity contribution in [2.75, 3.05) is 39.3 Å². The van der Waals surface area contributed by atoms with E-state index in [1.807, 2.05) is 0 Å². The third kappa shape index (κ3) is 6.26. The Bertz CT molecular complexity index is 731. The van der Waals surface area contributed by atoms with Gasteiger partial charge in [0.1, 0.15) is 6.61 Å². The molecule has 1 aliphatic rings. The van der Waals surface area contributed by atoms with E-state index in [4.69, 9.17) is 32.5 Å². The van der Waals surface area contributed by atoms with Gasteiger partial charge in [0.15, 0.2) is 17.2 Å². The predicted molar refractivity (Wildman–Crippen MR) is 106 cm³/mol. The summed E-state index contributed by atoms with van der Waals surface area (Å²) in [5.74, 6) is 0.508. The number of amides is 1. The van der Waals surface area contributed by atoms with Crippen molar-refractivity contribution < 1.29 is 14.1 Å². The van der Waals surface area contributed by atoms with Gasteiger partial charge in [-0.25, -0.2) is 0 Å². The Morgan fingerprint density at radius 1 is 1.30 bits per heavy atom.